The third-order valence-electron chi connectivity index (χ3n) is 6.30. The molecule has 1 saturated heterocycles. The summed E-state index contributed by atoms with van der Waals surface area (Å²) in [5.74, 6) is -0.832. The van der Waals surface area contributed by atoms with Gasteiger partial charge in [-0.3, -0.25) is 14.4 Å². The van der Waals surface area contributed by atoms with E-state index in [1.165, 1.54) is 0 Å². The van der Waals surface area contributed by atoms with Crippen molar-refractivity contribution in [3.05, 3.63) is 59.1 Å². The van der Waals surface area contributed by atoms with Gasteiger partial charge < -0.3 is 15.4 Å². The lowest BCUT2D eigenvalue weighted by molar-refractivity contribution is -0.145. The van der Waals surface area contributed by atoms with Crippen LogP contribution >= 0.6 is 11.6 Å². The first-order valence-electron chi connectivity index (χ1n) is 9.68. The summed E-state index contributed by atoms with van der Waals surface area (Å²) in [7, 11) is 0. The standard InChI is InChI=1S/C22H19ClN2O4/c23-13-3-7-15(8-4-13)24-20(26)11-1-5-14(6-2-11)25-21(27)18-12-9-16-17(10-12)29-22(28)19(16)18/h1-8,12,16-19H,9-10H2,(H,24,26)(H,25,27)/t12-,16+,17-,18-,19+/m1/s1. The number of rotatable bonds is 4. The molecule has 2 bridgehead atoms. The summed E-state index contributed by atoms with van der Waals surface area (Å²) in [6, 6.07) is 13.5. The van der Waals surface area contributed by atoms with Crippen molar-refractivity contribution >= 4 is 40.8 Å². The van der Waals surface area contributed by atoms with E-state index in [4.69, 9.17) is 16.3 Å². The van der Waals surface area contributed by atoms with Gasteiger partial charge in [-0.1, -0.05) is 11.6 Å². The van der Waals surface area contributed by atoms with Gasteiger partial charge >= 0.3 is 5.97 Å². The Bertz CT molecular complexity index is 987. The van der Waals surface area contributed by atoms with Crippen LogP contribution in [0, 0.1) is 23.7 Å². The highest BCUT2D eigenvalue weighted by Gasteiger charge is 2.63. The summed E-state index contributed by atoms with van der Waals surface area (Å²) in [6.45, 7) is 0. The van der Waals surface area contributed by atoms with Crippen LogP contribution in [0.2, 0.25) is 5.02 Å². The Kier molecular flexibility index (Phi) is 4.32. The Morgan fingerprint density at radius 2 is 1.59 bits per heavy atom. The van der Waals surface area contributed by atoms with Crippen molar-refractivity contribution in [1.82, 2.24) is 0 Å². The summed E-state index contributed by atoms with van der Waals surface area (Å²) in [5.41, 5.74) is 1.72. The van der Waals surface area contributed by atoms with Crippen LogP contribution in [0.15, 0.2) is 48.5 Å². The van der Waals surface area contributed by atoms with E-state index in [1.54, 1.807) is 48.5 Å². The van der Waals surface area contributed by atoms with Gasteiger partial charge in [0, 0.05) is 27.9 Å². The van der Waals surface area contributed by atoms with E-state index in [9.17, 15) is 14.4 Å². The number of nitrogens with one attached hydrogen (secondary N) is 2. The molecule has 7 heteroatoms. The Morgan fingerprint density at radius 1 is 0.931 bits per heavy atom. The molecule has 1 aliphatic heterocycles. The van der Waals surface area contributed by atoms with Gasteiger partial charge in [-0.25, -0.2) is 0 Å². The number of carbonyl (C=O) groups excluding carboxylic acids is 3. The van der Waals surface area contributed by atoms with Crippen molar-refractivity contribution in [2.45, 2.75) is 18.9 Å². The first kappa shape index (κ1) is 18.2. The third-order valence-corrected chi connectivity index (χ3v) is 6.55. The van der Waals surface area contributed by atoms with E-state index in [0.29, 0.717) is 22.0 Å². The molecule has 29 heavy (non-hydrogen) atoms. The molecule has 3 aliphatic rings. The number of benzene rings is 2. The lowest BCUT2D eigenvalue weighted by Gasteiger charge is -2.23. The number of hydrogen-bond donors (Lipinski definition) is 2. The number of hydrogen-bond acceptors (Lipinski definition) is 4. The molecule has 148 valence electrons. The van der Waals surface area contributed by atoms with Gasteiger partial charge in [0.1, 0.15) is 6.10 Å². The number of esters is 1. The highest BCUT2D eigenvalue weighted by atomic mass is 35.5. The maximum absolute atomic E-state index is 12.8. The molecule has 2 N–H and O–H groups in total. The van der Waals surface area contributed by atoms with Gasteiger partial charge in [0.2, 0.25) is 5.91 Å². The van der Waals surface area contributed by atoms with Crippen molar-refractivity contribution < 1.29 is 19.1 Å². The summed E-state index contributed by atoms with van der Waals surface area (Å²) in [4.78, 5) is 37.3. The lowest BCUT2D eigenvalue weighted by Crippen LogP contribution is -2.35. The Morgan fingerprint density at radius 3 is 2.31 bits per heavy atom. The molecule has 3 fully saturated rings. The number of anilines is 2. The fourth-order valence-corrected chi connectivity index (χ4v) is 5.16. The van der Waals surface area contributed by atoms with Gasteiger partial charge in [-0.05, 0) is 67.3 Å². The second-order valence-corrected chi connectivity index (χ2v) is 8.39. The minimum atomic E-state index is -0.320. The molecule has 0 radical (unpaired) electrons. The van der Waals surface area contributed by atoms with Crippen LogP contribution in [-0.2, 0) is 14.3 Å². The smallest absolute Gasteiger partial charge is 0.310 e. The van der Waals surface area contributed by atoms with E-state index in [2.05, 4.69) is 10.6 Å². The molecule has 6 nitrogen and oxygen atoms in total. The maximum atomic E-state index is 12.8. The van der Waals surface area contributed by atoms with Crippen LogP contribution in [0.5, 0.6) is 0 Å². The Hall–Kier alpha value is -2.86. The number of halogens is 1. The summed E-state index contributed by atoms with van der Waals surface area (Å²) in [6.07, 6.45) is 1.69. The highest BCUT2D eigenvalue weighted by molar-refractivity contribution is 6.30. The minimum Gasteiger partial charge on any atom is -0.462 e. The Balaban J connectivity index is 1.24. The topological polar surface area (TPSA) is 84.5 Å². The van der Waals surface area contributed by atoms with Gasteiger partial charge in [0.05, 0.1) is 11.8 Å². The fourth-order valence-electron chi connectivity index (χ4n) is 5.03. The largest absolute Gasteiger partial charge is 0.462 e. The summed E-state index contributed by atoms with van der Waals surface area (Å²) in [5, 5.41) is 6.29. The van der Waals surface area contributed by atoms with E-state index in [-0.39, 0.29) is 47.6 Å². The quantitative estimate of drug-likeness (QED) is 0.752. The zero-order chi connectivity index (χ0) is 20.1. The Labute approximate surface area is 172 Å². The first-order chi connectivity index (χ1) is 14.0. The molecule has 2 aromatic rings. The van der Waals surface area contributed by atoms with Gasteiger partial charge in [0.15, 0.2) is 0 Å². The molecule has 2 aromatic carbocycles. The van der Waals surface area contributed by atoms with Crippen molar-refractivity contribution in [1.29, 1.82) is 0 Å². The molecular weight excluding hydrogens is 392 g/mol. The number of fused-ring (bicyclic) bond motifs is 1. The normalized spacial score (nSPS) is 28.9. The molecule has 5 rings (SSSR count). The second-order valence-electron chi connectivity index (χ2n) is 7.95. The maximum Gasteiger partial charge on any atom is 0.310 e. The highest BCUT2D eigenvalue weighted by Crippen LogP contribution is 2.57. The van der Waals surface area contributed by atoms with Crippen molar-refractivity contribution in [3.63, 3.8) is 0 Å². The van der Waals surface area contributed by atoms with Crippen molar-refractivity contribution in [2.75, 3.05) is 10.6 Å². The van der Waals surface area contributed by atoms with Gasteiger partial charge in [0.25, 0.3) is 5.91 Å². The van der Waals surface area contributed by atoms with Crippen LogP contribution in [0.25, 0.3) is 0 Å². The molecule has 1 heterocycles. The predicted octanol–water partition coefficient (Wildman–Crippen LogP) is 3.73. The molecule has 2 amide bonds. The summed E-state index contributed by atoms with van der Waals surface area (Å²) >= 11 is 5.85. The van der Waals surface area contributed by atoms with E-state index in [0.717, 1.165) is 12.8 Å². The minimum absolute atomic E-state index is 0.0139. The van der Waals surface area contributed by atoms with Gasteiger partial charge in [-0.2, -0.15) is 0 Å². The zero-order valence-corrected chi connectivity index (χ0v) is 16.2. The van der Waals surface area contributed by atoms with Gasteiger partial charge in [-0.15, -0.1) is 0 Å². The molecule has 0 aromatic heterocycles. The van der Waals surface area contributed by atoms with Crippen LogP contribution in [-0.4, -0.2) is 23.9 Å². The number of carbonyl (C=O) groups is 3. The van der Waals surface area contributed by atoms with E-state index < -0.39 is 0 Å². The van der Waals surface area contributed by atoms with Crippen LogP contribution in [0.3, 0.4) is 0 Å². The first-order valence-corrected chi connectivity index (χ1v) is 10.1. The molecule has 2 aliphatic carbocycles. The second kappa shape index (κ2) is 6.88. The third kappa shape index (κ3) is 3.17. The fraction of sp³-hybridized carbons (Fsp3) is 0.318. The van der Waals surface area contributed by atoms with Crippen LogP contribution in [0.1, 0.15) is 23.2 Å². The summed E-state index contributed by atoms with van der Waals surface area (Å²) < 4.78 is 5.40. The number of amides is 2. The molecule has 5 atom stereocenters. The van der Waals surface area contributed by atoms with E-state index in [1.807, 2.05) is 0 Å². The van der Waals surface area contributed by atoms with E-state index >= 15 is 0 Å². The predicted molar refractivity (Wildman–Crippen MR) is 108 cm³/mol. The monoisotopic (exact) mass is 410 g/mol. The van der Waals surface area contributed by atoms with Crippen molar-refractivity contribution in [2.24, 2.45) is 23.7 Å². The zero-order valence-electron chi connectivity index (χ0n) is 15.4. The van der Waals surface area contributed by atoms with Crippen molar-refractivity contribution in [3.8, 4) is 0 Å². The molecule has 2 saturated carbocycles. The average Bonchev–Trinajstić information content (AvgIpc) is 3.33. The SMILES string of the molecule is O=C(Nc1ccc(Cl)cc1)c1ccc(NC(=O)[C@@H]2[C@@H]3C[C@@H]4[C@@H]2C(=O)O[C@@H]4C3)cc1. The molecule has 0 spiro atoms. The lowest BCUT2D eigenvalue weighted by atomic mass is 9.79. The number of ether oxygens (including phenoxy) is 1. The molecule has 0 unspecified atom stereocenters. The molecular formula is C22H19ClN2O4. The van der Waals surface area contributed by atoms with Crippen LogP contribution < -0.4 is 10.6 Å². The average molecular weight is 411 g/mol. The van der Waals surface area contributed by atoms with Crippen LogP contribution in [0.4, 0.5) is 11.4 Å².